The van der Waals surface area contributed by atoms with Crippen LogP contribution in [0.5, 0.6) is 0 Å². The van der Waals surface area contributed by atoms with Gasteiger partial charge in [-0.3, -0.25) is 0 Å². The van der Waals surface area contributed by atoms with Gasteiger partial charge in [0.15, 0.2) is 0 Å². The molecule has 21 heavy (non-hydrogen) atoms. The van der Waals surface area contributed by atoms with Gasteiger partial charge in [0.1, 0.15) is 0 Å². The molecule has 6 nitrogen and oxygen atoms in total. The number of rotatable bonds is 7. The van der Waals surface area contributed by atoms with Gasteiger partial charge in [-0.1, -0.05) is 12.8 Å². The van der Waals surface area contributed by atoms with E-state index in [0.29, 0.717) is 24.9 Å². The predicted molar refractivity (Wildman–Crippen MR) is 83.8 cm³/mol. The lowest BCUT2D eigenvalue weighted by molar-refractivity contribution is 0.0659. The lowest BCUT2D eigenvalue weighted by Crippen LogP contribution is -2.19. The summed E-state index contributed by atoms with van der Waals surface area (Å²) in [5.41, 5.74) is 7.01. The fourth-order valence-electron chi connectivity index (χ4n) is 2.45. The Balaban J connectivity index is 1.86. The van der Waals surface area contributed by atoms with Gasteiger partial charge in [0.05, 0.1) is 29.0 Å². The minimum Gasteiger partial charge on any atom is -0.397 e. The van der Waals surface area contributed by atoms with Crippen molar-refractivity contribution >= 4 is 21.4 Å². The summed E-state index contributed by atoms with van der Waals surface area (Å²) in [6.45, 7) is 1.28. The molecule has 7 heteroatoms. The van der Waals surface area contributed by atoms with E-state index in [-0.39, 0.29) is 4.90 Å². The summed E-state index contributed by atoms with van der Waals surface area (Å²) in [5.74, 6) is 0. The van der Waals surface area contributed by atoms with Gasteiger partial charge in [-0.15, -0.1) is 0 Å². The van der Waals surface area contributed by atoms with Gasteiger partial charge in [-0.2, -0.15) is 0 Å². The number of benzene rings is 1. The van der Waals surface area contributed by atoms with E-state index in [2.05, 4.69) is 10.0 Å². The second kappa shape index (κ2) is 7.11. The molecule has 4 N–H and O–H groups in total. The molecule has 0 heterocycles. The zero-order chi connectivity index (χ0) is 15.3. The zero-order valence-electron chi connectivity index (χ0n) is 12.3. The number of hydrogen-bond acceptors (Lipinski definition) is 5. The fraction of sp³-hybridized carbons (Fsp3) is 0.571. The van der Waals surface area contributed by atoms with Crippen LogP contribution in [0.3, 0.4) is 0 Å². The highest BCUT2D eigenvalue weighted by Gasteiger charge is 2.15. The summed E-state index contributed by atoms with van der Waals surface area (Å²) in [4.78, 5) is 0.162. The minimum atomic E-state index is -3.46. The standard InChI is InChI=1S/C14H23N3O3S/c1-16-21(18,19)12-6-7-14(13(15)10-12)17-8-9-20-11-4-2-3-5-11/h6-7,10-11,16-17H,2-5,8-9,15H2,1H3. The highest BCUT2D eigenvalue weighted by Crippen LogP contribution is 2.23. The molecule has 0 radical (unpaired) electrons. The first-order valence-electron chi connectivity index (χ1n) is 7.21. The Hall–Kier alpha value is -1.31. The second-order valence-corrected chi connectivity index (χ2v) is 7.05. The number of nitrogens with two attached hydrogens (primary N) is 1. The van der Waals surface area contributed by atoms with Crippen LogP contribution >= 0.6 is 0 Å². The molecule has 0 aliphatic heterocycles. The molecule has 0 spiro atoms. The lowest BCUT2D eigenvalue weighted by Gasteiger charge is -2.14. The van der Waals surface area contributed by atoms with Crippen molar-refractivity contribution in [3.8, 4) is 0 Å². The van der Waals surface area contributed by atoms with E-state index in [1.807, 2.05) is 0 Å². The molecule has 1 fully saturated rings. The van der Waals surface area contributed by atoms with Crippen molar-refractivity contribution in [1.82, 2.24) is 4.72 Å². The van der Waals surface area contributed by atoms with Crippen molar-refractivity contribution in [1.29, 1.82) is 0 Å². The smallest absolute Gasteiger partial charge is 0.240 e. The number of anilines is 2. The Morgan fingerprint density at radius 2 is 2.05 bits per heavy atom. The second-order valence-electron chi connectivity index (χ2n) is 5.16. The molecular weight excluding hydrogens is 290 g/mol. The summed E-state index contributed by atoms with van der Waals surface area (Å²) < 4.78 is 31.3. The number of hydrogen-bond donors (Lipinski definition) is 3. The van der Waals surface area contributed by atoms with Crippen LogP contribution < -0.4 is 15.8 Å². The Morgan fingerprint density at radius 1 is 1.33 bits per heavy atom. The molecule has 1 saturated carbocycles. The summed E-state index contributed by atoms with van der Waals surface area (Å²) in [6, 6.07) is 4.66. The first kappa shape index (κ1) is 16.1. The third kappa shape index (κ3) is 4.33. The molecule has 0 atom stereocenters. The maximum atomic E-state index is 11.7. The van der Waals surface area contributed by atoms with E-state index in [1.54, 1.807) is 6.07 Å². The molecule has 1 aromatic rings. The number of nitrogen functional groups attached to an aromatic ring is 1. The molecule has 0 unspecified atom stereocenters. The van der Waals surface area contributed by atoms with E-state index >= 15 is 0 Å². The quantitative estimate of drug-likeness (QED) is 0.524. The Labute approximate surface area is 126 Å². The van der Waals surface area contributed by atoms with Gasteiger partial charge in [-0.05, 0) is 38.1 Å². The third-order valence-corrected chi connectivity index (χ3v) is 5.09. The van der Waals surface area contributed by atoms with Gasteiger partial charge in [0.25, 0.3) is 0 Å². The third-order valence-electron chi connectivity index (χ3n) is 3.68. The van der Waals surface area contributed by atoms with Gasteiger partial charge in [0, 0.05) is 6.54 Å². The van der Waals surface area contributed by atoms with Gasteiger partial charge in [-0.25, -0.2) is 13.1 Å². The predicted octanol–water partition coefficient (Wildman–Crippen LogP) is 1.55. The summed E-state index contributed by atoms with van der Waals surface area (Å²) in [6.07, 6.45) is 5.21. The molecule has 1 aliphatic rings. The number of sulfonamides is 1. The first-order chi connectivity index (χ1) is 10.0. The lowest BCUT2D eigenvalue weighted by atomic mass is 10.2. The molecule has 0 bridgehead atoms. The van der Waals surface area contributed by atoms with Crippen molar-refractivity contribution in [2.24, 2.45) is 0 Å². The van der Waals surface area contributed by atoms with Crippen molar-refractivity contribution in [2.75, 3.05) is 31.2 Å². The Kier molecular flexibility index (Phi) is 5.44. The van der Waals surface area contributed by atoms with Crippen molar-refractivity contribution < 1.29 is 13.2 Å². The van der Waals surface area contributed by atoms with Gasteiger partial charge < -0.3 is 15.8 Å². The molecule has 118 valence electrons. The number of ether oxygens (including phenoxy) is 1. The summed E-state index contributed by atoms with van der Waals surface area (Å²) in [7, 11) is -2.08. The van der Waals surface area contributed by atoms with Crippen molar-refractivity contribution in [2.45, 2.75) is 36.7 Å². The first-order valence-corrected chi connectivity index (χ1v) is 8.70. The van der Waals surface area contributed by atoms with Crippen LogP contribution in [0.25, 0.3) is 0 Å². The SMILES string of the molecule is CNS(=O)(=O)c1ccc(NCCOC2CCCC2)c(N)c1. The van der Waals surface area contributed by atoms with E-state index in [0.717, 1.165) is 18.5 Å². The normalized spacial score (nSPS) is 16.2. The highest BCUT2D eigenvalue weighted by atomic mass is 32.2. The van der Waals surface area contributed by atoms with Crippen LogP contribution in [0.1, 0.15) is 25.7 Å². The Bertz CT molecular complexity index is 569. The topological polar surface area (TPSA) is 93.5 Å². The monoisotopic (exact) mass is 313 g/mol. The van der Waals surface area contributed by atoms with Gasteiger partial charge in [0.2, 0.25) is 10.0 Å². The van der Waals surface area contributed by atoms with Crippen molar-refractivity contribution in [3.05, 3.63) is 18.2 Å². The maximum absolute atomic E-state index is 11.7. The van der Waals surface area contributed by atoms with Crippen LogP contribution in [0.15, 0.2) is 23.1 Å². The molecule has 0 saturated heterocycles. The van der Waals surface area contributed by atoms with Crippen LogP contribution in [-0.4, -0.2) is 34.7 Å². The fourth-order valence-corrected chi connectivity index (χ4v) is 3.22. The van der Waals surface area contributed by atoms with Crippen LogP contribution in [0.4, 0.5) is 11.4 Å². The molecule has 1 aromatic carbocycles. The van der Waals surface area contributed by atoms with E-state index < -0.39 is 10.0 Å². The molecule has 2 rings (SSSR count). The Morgan fingerprint density at radius 3 is 2.67 bits per heavy atom. The number of nitrogens with one attached hydrogen (secondary N) is 2. The largest absolute Gasteiger partial charge is 0.397 e. The molecule has 0 amide bonds. The van der Waals surface area contributed by atoms with Crippen LogP contribution in [0.2, 0.25) is 0 Å². The van der Waals surface area contributed by atoms with E-state index in [9.17, 15) is 8.42 Å². The van der Waals surface area contributed by atoms with Crippen LogP contribution in [-0.2, 0) is 14.8 Å². The van der Waals surface area contributed by atoms with Crippen molar-refractivity contribution in [3.63, 3.8) is 0 Å². The average Bonchev–Trinajstić information content (AvgIpc) is 2.98. The molecule has 0 aromatic heterocycles. The zero-order valence-corrected chi connectivity index (χ0v) is 13.1. The maximum Gasteiger partial charge on any atom is 0.240 e. The van der Waals surface area contributed by atoms with Gasteiger partial charge >= 0.3 is 0 Å². The van der Waals surface area contributed by atoms with Crippen LogP contribution in [0, 0.1) is 0 Å². The van der Waals surface area contributed by atoms with E-state index in [4.69, 9.17) is 10.5 Å². The highest BCUT2D eigenvalue weighted by molar-refractivity contribution is 7.89. The summed E-state index contributed by atoms with van der Waals surface area (Å²) in [5, 5.41) is 3.17. The van der Waals surface area contributed by atoms with E-state index in [1.165, 1.54) is 32.0 Å². The average molecular weight is 313 g/mol. The minimum absolute atomic E-state index is 0.162. The molecule has 1 aliphatic carbocycles. The molecular formula is C14H23N3O3S. The summed E-state index contributed by atoms with van der Waals surface area (Å²) >= 11 is 0.